The molecule has 8 nitrogen and oxygen atoms in total. The lowest BCUT2D eigenvalue weighted by molar-refractivity contribution is 0.0946. The maximum absolute atomic E-state index is 12.0. The van der Waals surface area contributed by atoms with E-state index >= 15 is 0 Å². The molecule has 0 aliphatic rings. The molecule has 9 aromatic rings. The highest BCUT2D eigenvalue weighted by Gasteiger charge is 2.12. The Bertz CT molecular complexity index is 2770. The monoisotopic (exact) mass is 752 g/mol. The molecule has 8 heteroatoms. The van der Waals surface area contributed by atoms with Crippen molar-refractivity contribution < 1.29 is 9.59 Å². The molecule has 2 amide bonds. The molecular weight excluding hydrogens is 717 g/mol. The van der Waals surface area contributed by atoms with Crippen molar-refractivity contribution in [2.24, 2.45) is 11.7 Å². The van der Waals surface area contributed by atoms with Crippen LogP contribution >= 0.6 is 0 Å². The summed E-state index contributed by atoms with van der Waals surface area (Å²) in [6, 6.07) is 60.8. The van der Waals surface area contributed by atoms with Gasteiger partial charge >= 0.3 is 0 Å². The molecule has 2 heterocycles. The van der Waals surface area contributed by atoms with Crippen LogP contribution in [0.5, 0.6) is 0 Å². The minimum Gasteiger partial charge on any atom is -0.290 e. The largest absolute Gasteiger partial charge is 0.290 e. The number of nitrogens with one attached hydrogen (secondary N) is 2. The van der Waals surface area contributed by atoms with E-state index in [0.29, 0.717) is 11.1 Å². The fraction of sp³-hybridized carbons (Fsp3) is 0. The molecule has 7 aromatic carbocycles. The highest BCUT2D eigenvalue weighted by atomic mass is 16.2. The molecule has 6 N–H and O–H groups in total. The number of aromatic nitrogens is 2. The standard InChI is InChI=1S/C50H36N6O2/c51-55-49(57)43-5-1-3-41(29-43)35-11-7-31(8-12-35)33-15-19-37(20-16-33)45-27-25-39-23-24-40-26-28-46(54-48(40)47(39)53-45)38-21-17-34(18-22-38)32-9-13-36(14-10-32)42-4-2-6-44(30-42)50(58)56-52/h1-30H,51-52H2,(H,55,57)(H,56,58). The van der Waals surface area contributed by atoms with Gasteiger partial charge in [0.15, 0.2) is 0 Å². The van der Waals surface area contributed by atoms with E-state index in [1.165, 1.54) is 0 Å². The Labute approximate surface area is 334 Å². The van der Waals surface area contributed by atoms with Crippen molar-refractivity contribution in [1.29, 1.82) is 0 Å². The number of hydrogen-bond acceptors (Lipinski definition) is 6. The van der Waals surface area contributed by atoms with Gasteiger partial charge in [0.05, 0.1) is 22.4 Å². The Balaban J connectivity index is 0.946. The summed E-state index contributed by atoms with van der Waals surface area (Å²) in [4.78, 5) is 34.3. The molecule has 0 fully saturated rings. The summed E-state index contributed by atoms with van der Waals surface area (Å²) >= 11 is 0. The SMILES string of the molecule is NNC(=O)c1cccc(-c2ccc(-c3ccc(-c4ccc5ccc6ccc(-c7ccc(-c8ccc(-c9cccc(C(=O)NN)c9)cc8)cc7)nc6c5n4)cc3)cc2)c1. The second-order valence-corrected chi connectivity index (χ2v) is 14.0. The fourth-order valence-electron chi connectivity index (χ4n) is 7.31. The third kappa shape index (κ3) is 7.08. The molecule has 0 atom stereocenters. The molecule has 0 aliphatic heterocycles. The number of carbonyl (C=O) groups is 2. The number of hydrogen-bond donors (Lipinski definition) is 4. The smallest absolute Gasteiger partial charge is 0.265 e. The summed E-state index contributed by atoms with van der Waals surface area (Å²) in [5.74, 6) is 10.0. The van der Waals surface area contributed by atoms with E-state index in [9.17, 15) is 9.59 Å². The second kappa shape index (κ2) is 15.4. The van der Waals surface area contributed by atoms with Crippen LogP contribution in [0.15, 0.2) is 182 Å². The molecule has 278 valence electrons. The summed E-state index contributed by atoms with van der Waals surface area (Å²) < 4.78 is 0. The van der Waals surface area contributed by atoms with Crippen molar-refractivity contribution >= 4 is 33.6 Å². The van der Waals surface area contributed by atoms with Crippen molar-refractivity contribution in [3.05, 3.63) is 193 Å². The van der Waals surface area contributed by atoms with Crippen molar-refractivity contribution in [2.45, 2.75) is 0 Å². The molecule has 58 heavy (non-hydrogen) atoms. The van der Waals surface area contributed by atoms with Gasteiger partial charge in [-0.2, -0.15) is 0 Å². The average molecular weight is 753 g/mol. The summed E-state index contributed by atoms with van der Waals surface area (Å²) in [5.41, 5.74) is 19.2. The number of hydrazine groups is 2. The van der Waals surface area contributed by atoms with E-state index in [0.717, 1.165) is 88.8 Å². The van der Waals surface area contributed by atoms with E-state index < -0.39 is 0 Å². The fourth-order valence-corrected chi connectivity index (χ4v) is 7.31. The van der Waals surface area contributed by atoms with Crippen LogP contribution in [-0.2, 0) is 0 Å². The van der Waals surface area contributed by atoms with E-state index in [-0.39, 0.29) is 11.8 Å². The van der Waals surface area contributed by atoms with Crippen LogP contribution < -0.4 is 22.5 Å². The van der Waals surface area contributed by atoms with Crippen molar-refractivity contribution in [3.63, 3.8) is 0 Å². The van der Waals surface area contributed by atoms with Gasteiger partial charge in [0.25, 0.3) is 11.8 Å². The number of benzene rings is 7. The summed E-state index contributed by atoms with van der Waals surface area (Å²) in [6.07, 6.45) is 0. The molecule has 0 unspecified atom stereocenters. The first-order chi connectivity index (χ1) is 28.4. The number of nitrogen functional groups attached to an aromatic ring is 2. The maximum atomic E-state index is 12.0. The van der Waals surface area contributed by atoms with Crippen LogP contribution in [-0.4, -0.2) is 21.8 Å². The van der Waals surface area contributed by atoms with E-state index in [4.69, 9.17) is 21.7 Å². The molecular formula is C50H36N6O2. The van der Waals surface area contributed by atoms with Gasteiger partial charge in [0.1, 0.15) is 0 Å². The Kier molecular flexibility index (Phi) is 9.53. The average Bonchev–Trinajstić information content (AvgIpc) is 3.31. The minimum atomic E-state index is -0.321. The van der Waals surface area contributed by atoms with Crippen molar-refractivity contribution in [2.75, 3.05) is 0 Å². The molecule has 2 aromatic heterocycles. The van der Waals surface area contributed by atoms with Crippen molar-refractivity contribution in [3.8, 4) is 67.0 Å². The molecule has 0 aliphatic carbocycles. The number of carbonyl (C=O) groups excluding carboxylic acids is 2. The molecule has 0 spiro atoms. The highest BCUT2D eigenvalue weighted by molar-refractivity contribution is 6.04. The Morgan fingerprint density at radius 2 is 0.638 bits per heavy atom. The lowest BCUT2D eigenvalue weighted by Crippen LogP contribution is -2.29. The van der Waals surface area contributed by atoms with Crippen LogP contribution in [0, 0.1) is 0 Å². The van der Waals surface area contributed by atoms with Gasteiger partial charge < -0.3 is 0 Å². The minimum absolute atomic E-state index is 0.321. The van der Waals surface area contributed by atoms with Gasteiger partial charge in [-0.15, -0.1) is 0 Å². The predicted octanol–water partition coefficient (Wildman–Crippen LogP) is 9.99. The Morgan fingerprint density at radius 1 is 0.345 bits per heavy atom. The van der Waals surface area contributed by atoms with E-state index in [1.54, 1.807) is 12.1 Å². The van der Waals surface area contributed by atoms with Gasteiger partial charge in [-0.1, -0.05) is 146 Å². The first-order valence-corrected chi connectivity index (χ1v) is 18.8. The number of fused-ring (bicyclic) bond motifs is 3. The van der Waals surface area contributed by atoms with E-state index in [1.807, 2.05) is 36.4 Å². The quantitative estimate of drug-likeness (QED) is 0.0528. The molecule has 0 saturated heterocycles. The summed E-state index contributed by atoms with van der Waals surface area (Å²) in [7, 11) is 0. The van der Waals surface area contributed by atoms with Crippen LogP contribution in [0.4, 0.5) is 0 Å². The van der Waals surface area contributed by atoms with Crippen molar-refractivity contribution in [1.82, 2.24) is 20.8 Å². The molecule has 0 bridgehead atoms. The zero-order valence-electron chi connectivity index (χ0n) is 31.2. The zero-order chi connectivity index (χ0) is 39.6. The molecule has 0 radical (unpaired) electrons. The van der Waals surface area contributed by atoms with Crippen LogP contribution in [0.25, 0.3) is 88.8 Å². The first kappa shape index (κ1) is 35.9. The Hall–Kier alpha value is -7.78. The van der Waals surface area contributed by atoms with Gasteiger partial charge in [0, 0.05) is 33.0 Å². The normalized spacial score (nSPS) is 11.1. The second-order valence-electron chi connectivity index (χ2n) is 14.0. The Morgan fingerprint density at radius 3 is 0.966 bits per heavy atom. The topological polar surface area (TPSA) is 136 Å². The lowest BCUT2D eigenvalue weighted by Gasteiger charge is -2.10. The van der Waals surface area contributed by atoms with Gasteiger partial charge in [-0.05, 0) is 80.9 Å². The number of nitrogens with two attached hydrogens (primary N) is 2. The third-order valence-corrected chi connectivity index (χ3v) is 10.5. The first-order valence-electron chi connectivity index (χ1n) is 18.8. The highest BCUT2D eigenvalue weighted by Crippen LogP contribution is 2.32. The van der Waals surface area contributed by atoms with E-state index in [2.05, 4.69) is 144 Å². The third-order valence-electron chi connectivity index (χ3n) is 10.5. The zero-order valence-corrected chi connectivity index (χ0v) is 31.2. The van der Waals surface area contributed by atoms with Crippen LogP contribution in [0.2, 0.25) is 0 Å². The molecule has 0 saturated carbocycles. The molecule has 9 rings (SSSR count). The summed E-state index contributed by atoms with van der Waals surface area (Å²) in [5, 5.41) is 2.06. The maximum Gasteiger partial charge on any atom is 0.265 e. The van der Waals surface area contributed by atoms with Gasteiger partial charge in [-0.25, -0.2) is 21.7 Å². The lowest BCUT2D eigenvalue weighted by atomic mass is 9.98. The number of rotatable bonds is 8. The van der Waals surface area contributed by atoms with Crippen LogP contribution in [0.3, 0.4) is 0 Å². The number of pyridine rings is 2. The van der Waals surface area contributed by atoms with Gasteiger partial charge in [0.2, 0.25) is 0 Å². The number of amides is 2. The predicted molar refractivity (Wildman–Crippen MR) is 233 cm³/mol. The van der Waals surface area contributed by atoms with Gasteiger partial charge in [-0.3, -0.25) is 20.4 Å². The summed E-state index contributed by atoms with van der Waals surface area (Å²) in [6.45, 7) is 0. The number of nitrogens with zero attached hydrogens (tertiary/aromatic N) is 2. The van der Waals surface area contributed by atoms with Crippen LogP contribution in [0.1, 0.15) is 20.7 Å².